The largest absolute Gasteiger partial charge is 0.322 e. The predicted octanol–water partition coefficient (Wildman–Crippen LogP) is 10.2. The van der Waals surface area contributed by atoms with Crippen molar-refractivity contribution in [1.29, 1.82) is 0 Å². The molecule has 0 bridgehead atoms. The molecule has 0 spiro atoms. The third-order valence-corrected chi connectivity index (χ3v) is 8.83. The van der Waals surface area contributed by atoms with Crippen LogP contribution in [0, 0.1) is 0 Å². The molecule has 0 saturated heterocycles. The molecule has 4 N–H and O–H groups in total. The van der Waals surface area contributed by atoms with Crippen LogP contribution in [0.2, 0.25) is 20.1 Å². The van der Waals surface area contributed by atoms with E-state index in [4.69, 9.17) is 46.4 Å². The van der Waals surface area contributed by atoms with E-state index in [1.54, 1.807) is 60.7 Å². The molecule has 0 aliphatic heterocycles. The molecule has 58 heavy (non-hydrogen) atoms. The SMILES string of the molecule is CC(=O)C(N=Nc1cc(Cl)cc(C(=O)Nc2ccccc2)c1)C(=O)Nc1cc(Cl)c(NC(=O)C(N=Nc2cc(Cl)cc(C(=O)Nc3ccccc3)c2)C(C)=O)cc1Cl. The Morgan fingerprint density at radius 1 is 0.483 bits per heavy atom. The molecule has 4 amide bonds. The van der Waals surface area contributed by atoms with Gasteiger partial charge in [-0.3, -0.25) is 28.8 Å². The van der Waals surface area contributed by atoms with Crippen LogP contribution in [0.4, 0.5) is 34.1 Å². The fraction of sp³-hybridized carbons (Fsp3) is 0.100. The second-order valence-electron chi connectivity index (χ2n) is 12.3. The van der Waals surface area contributed by atoms with Gasteiger partial charge < -0.3 is 21.3 Å². The maximum absolute atomic E-state index is 13.2. The van der Waals surface area contributed by atoms with E-state index in [9.17, 15) is 28.8 Å². The number of carbonyl (C=O) groups excluding carboxylic acids is 6. The molecule has 5 rings (SSSR count). The minimum Gasteiger partial charge on any atom is -0.322 e. The van der Waals surface area contributed by atoms with Gasteiger partial charge in [-0.25, -0.2) is 0 Å². The van der Waals surface area contributed by atoms with Crippen LogP contribution < -0.4 is 21.3 Å². The number of amides is 4. The van der Waals surface area contributed by atoms with E-state index >= 15 is 0 Å². The van der Waals surface area contributed by atoms with Gasteiger partial charge in [0.15, 0.2) is 11.6 Å². The van der Waals surface area contributed by atoms with Crippen molar-refractivity contribution >= 4 is 116 Å². The Labute approximate surface area is 351 Å². The average molecular weight is 861 g/mol. The Morgan fingerprint density at radius 3 is 1.19 bits per heavy atom. The lowest BCUT2D eigenvalue weighted by molar-refractivity contribution is -0.127. The minimum absolute atomic E-state index is 0.0467. The van der Waals surface area contributed by atoms with Gasteiger partial charge in [0, 0.05) is 32.5 Å². The van der Waals surface area contributed by atoms with Gasteiger partial charge in [-0.1, -0.05) is 82.8 Å². The van der Waals surface area contributed by atoms with Crippen LogP contribution in [0.3, 0.4) is 0 Å². The van der Waals surface area contributed by atoms with Crippen molar-refractivity contribution in [2.24, 2.45) is 20.5 Å². The number of nitrogens with one attached hydrogen (secondary N) is 4. The third kappa shape index (κ3) is 11.8. The van der Waals surface area contributed by atoms with Crippen molar-refractivity contribution in [3.63, 3.8) is 0 Å². The molecule has 2 unspecified atom stereocenters. The van der Waals surface area contributed by atoms with Crippen molar-refractivity contribution in [1.82, 2.24) is 0 Å². The second kappa shape index (κ2) is 19.7. The van der Waals surface area contributed by atoms with Crippen molar-refractivity contribution in [3.8, 4) is 0 Å². The summed E-state index contributed by atoms with van der Waals surface area (Å²) in [4.78, 5) is 77.0. The number of anilines is 4. The first-order valence-corrected chi connectivity index (χ1v) is 18.5. The fourth-order valence-electron chi connectivity index (χ4n) is 5.00. The number of hydrogen-bond donors (Lipinski definition) is 4. The first-order chi connectivity index (χ1) is 27.7. The van der Waals surface area contributed by atoms with Crippen molar-refractivity contribution < 1.29 is 28.8 Å². The highest BCUT2D eigenvalue weighted by Gasteiger charge is 2.27. The van der Waals surface area contributed by atoms with Gasteiger partial charge in [-0.05, 0) is 86.6 Å². The topological polar surface area (TPSA) is 200 Å². The molecular formula is C40H30Cl4N8O6. The first-order valence-electron chi connectivity index (χ1n) is 16.9. The summed E-state index contributed by atoms with van der Waals surface area (Å²) < 4.78 is 0. The summed E-state index contributed by atoms with van der Waals surface area (Å²) in [7, 11) is 0. The summed E-state index contributed by atoms with van der Waals surface area (Å²) in [5, 5.41) is 26.2. The van der Waals surface area contributed by atoms with E-state index in [-0.39, 0.29) is 54.0 Å². The zero-order chi connectivity index (χ0) is 41.9. The zero-order valence-electron chi connectivity index (χ0n) is 30.3. The van der Waals surface area contributed by atoms with Crippen LogP contribution in [-0.4, -0.2) is 47.3 Å². The van der Waals surface area contributed by atoms with E-state index < -0.39 is 47.3 Å². The number of azo groups is 2. The highest BCUT2D eigenvalue weighted by Crippen LogP contribution is 2.33. The van der Waals surface area contributed by atoms with Crippen LogP contribution in [0.25, 0.3) is 0 Å². The van der Waals surface area contributed by atoms with Crippen LogP contribution in [0.5, 0.6) is 0 Å². The van der Waals surface area contributed by atoms with Gasteiger partial charge in [-0.2, -0.15) is 20.5 Å². The number of benzene rings is 5. The van der Waals surface area contributed by atoms with E-state index in [0.717, 1.165) is 13.8 Å². The summed E-state index contributed by atoms with van der Waals surface area (Å²) in [6, 6.07) is 24.9. The molecule has 0 radical (unpaired) electrons. The lowest BCUT2D eigenvalue weighted by Crippen LogP contribution is -2.32. The summed E-state index contributed by atoms with van der Waals surface area (Å²) in [5.41, 5.74) is 1.51. The monoisotopic (exact) mass is 858 g/mol. The van der Waals surface area contributed by atoms with Crippen molar-refractivity contribution in [2.45, 2.75) is 25.9 Å². The molecule has 294 valence electrons. The fourth-order valence-corrected chi connectivity index (χ4v) is 5.88. The Kier molecular flexibility index (Phi) is 14.5. The lowest BCUT2D eigenvalue weighted by Gasteiger charge is -2.15. The Hall–Kier alpha value is -6.32. The van der Waals surface area contributed by atoms with E-state index in [1.165, 1.54) is 48.5 Å². The number of para-hydroxylation sites is 2. The number of Topliss-reactive ketones (excluding diaryl/α,β-unsaturated/α-hetero) is 2. The minimum atomic E-state index is -1.65. The molecule has 0 aromatic heterocycles. The molecule has 0 heterocycles. The standard InChI is InChI=1S/C40H30Cl4N8O6/c1-21(53)35(51-49-29-15-23(13-25(41)17-29)37(55)45-27-9-5-3-6-10-27)39(57)47-33-19-32(44)34(20-31(33)43)48-40(58)36(22(2)54)52-50-30-16-24(14-26(42)18-30)38(56)46-28-11-7-4-8-12-28/h3-20,35-36H,1-2H3,(H,45,55)(H,46,56)(H,47,57)(H,48,58). The molecular weight excluding hydrogens is 830 g/mol. The van der Waals surface area contributed by atoms with Crippen LogP contribution in [-0.2, 0) is 19.2 Å². The van der Waals surface area contributed by atoms with Gasteiger partial charge in [0.1, 0.15) is 0 Å². The van der Waals surface area contributed by atoms with Gasteiger partial charge in [0.05, 0.1) is 32.8 Å². The molecule has 0 saturated carbocycles. The normalized spacial score (nSPS) is 12.1. The number of ketones is 2. The highest BCUT2D eigenvalue weighted by molar-refractivity contribution is 6.38. The molecule has 0 fully saturated rings. The second-order valence-corrected chi connectivity index (χ2v) is 14.0. The van der Waals surface area contributed by atoms with Crippen LogP contribution in [0.15, 0.2) is 130 Å². The number of hydrogen-bond acceptors (Lipinski definition) is 10. The average Bonchev–Trinajstić information content (AvgIpc) is 3.17. The first kappa shape index (κ1) is 42.8. The third-order valence-electron chi connectivity index (χ3n) is 7.77. The number of nitrogens with zero attached hydrogens (tertiary/aromatic N) is 4. The van der Waals surface area contributed by atoms with Gasteiger partial charge >= 0.3 is 0 Å². The van der Waals surface area contributed by atoms with Crippen molar-refractivity contribution in [2.75, 3.05) is 21.3 Å². The predicted molar refractivity (Wildman–Crippen MR) is 223 cm³/mol. The molecule has 14 nitrogen and oxygen atoms in total. The van der Waals surface area contributed by atoms with E-state index in [2.05, 4.69) is 41.7 Å². The van der Waals surface area contributed by atoms with E-state index in [0.29, 0.717) is 11.4 Å². The smallest absolute Gasteiger partial charge is 0.258 e. The molecule has 2 atom stereocenters. The summed E-state index contributed by atoms with van der Waals surface area (Å²) >= 11 is 25.3. The van der Waals surface area contributed by atoms with Gasteiger partial charge in [-0.15, -0.1) is 0 Å². The Balaban J connectivity index is 1.26. The molecule has 0 aliphatic rings. The molecule has 5 aromatic carbocycles. The quantitative estimate of drug-likeness (QED) is 0.0632. The van der Waals surface area contributed by atoms with Gasteiger partial charge in [0.25, 0.3) is 23.6 Å². The maximum atomic E-state index is 13.2. The highest BCUT2D eigenvalue weighted by atomic mass is 35.5. The van der Waals surface area contributed by atoms with Crippen molar-refractivity contribution in [3.05, 3.63) is 140 Å². The Morgan fingerprint density at radius 2 is 0.845 bits per heavy atom. The summed E-state index contributed by atoms with van der Waals surface area (Å²) in [6.45, 7) is 2.26. The lowest BCUT2D eigenvalue weighted by atomic mass is 10.1. The summed E-state index contributed by atoms with van der Waals surface area (Å²) in [5.74, 6) is -4.15. The number of halogens is 4. The molecule has 0 aliphatic carbocycles. The van der Waals surface area contributed by atoms with Gasteiger partial charge in [0.2, 0.25) is 12.1 Å². The van der Waals surface area contributed by atoms with E-state index in [1.807, 2.05) is 0 Å². The molecule has 18 heteroatoms. The number of carbonyl (C=O) groups is 6. The zero-order valence-corrected chi connectivity index (χ0v) is 33.3. The molecule has 5 aromatic rings. The number of rotatable bonds is 14. The summed E-state index contributed by atoms with van der Waals surface area (Å²) in [6.07, 6.45) is 0. The maximum Gasteiger partial charge on any atom is 0.258 e. The van der Waals surface area contributed by atoms with Crippen LogP contribution >= 0.6 is 46.4 Å². The van der Waals surface area contributed by atoms with Crippen LogP contribution in [0.1, 0.15) is 34.6 Å². The Bertz CT molecular complexity index is 2300.